The Morgan fingerprint density at radius 3 is 2.50 bits per heavy atom. The maximum atomic E-state index is 12.7. The molecule has 0 spiro atoms. The zero-order chi connectivity index (χ0) is 23.1. The number of carbonyl (C=O) groups excluding carboxylic acids is 2. The summed E-state index contributed by atoms with van der Waals surface area (Å²) in [4.78, 5) is 26.7. The molecule has 3 aromatic rings. The summed E-state index contributed by atoms with van der Waals surface area (Å²) in [6.07, 6.45) is 0.460. The van der Waals surface area contributed by atoms with E-state index in [2.05, 4.69) is 20.7 Å². The number of tetrazole rings is 1. The monoisotopic (exact) mass is 509 g/mol. The molecular formula is C21H21Cl2N5O2S2. The van der Waals surface area contributed by atoms with Gasteiger partial charge in [-0.05, 0) is 53.6 Å². The van der Waals surface area contributed by atoms with Crippen molar-refractivity contribution in [1.29, 1.82) is 0 Å². The largest absolute Gasteiger partial charge is 0.337 e. The lowest BCUT2D eigenvalue weighted by atomic mass is 10.1. The predicted octanol–water partition coefficient (Wildman–Crippen LogP) is 5.43. The van der Waals surface area contributed by atoms with Crippen molar-refractivity contribution in [3.63, 3.8) is 0 Å². The van der Waals surface area contributed by atoms with Gasteiger partial charge in [-0.2, -0.15) is 4.80 Å². The Morgan fingerprint density at radius 2 is 1.84 bits per heavy atom. The van der Waals surface area contributed by atoms with Crippen LogP contribution in [0.1, 0.15) is 24.5 Å². The molecule has 1 N–H and O–H groups in total. The van der Waals surface area contributed by atoms with E-state index in [1.807, 2.05) is 44.2 Å². The van der Waals surface area contributed by atoms with E-state index >= 15 is 0 Å². The lowest BCUT2D eigenvalue weighted by molar-refractivity contribution is -0.121. The second-order valence-electron chi connectivity index (χ2n) is 6.90. The molecule has 0 fully saturated rings. The molecule has 1 atom stereocenters. The van der Waals surface area contributed by atoms with Gasteiger partial charge in [-0.3, -0.25) is 9.59 Å². The summed E-state index contributed by atoms with van der Waals surface area (Å²) in [5.41, 5.74) is 1.98. The van der Waals surface area contributed by atoms with Gasteiger partial charge in [0.15, 0.2) is 5.78 Å². The van der Waals surface area contributed by atoms with Crippen LogP contribution in [0.2, 0.25) is 10.0 Å². The minimum atomic E-state index is -0.631. The number of benzene rings is 2. The number of aromatic nitrogens is 4. The van der Waals surface area contributed by atoms with Gasteiger partial charge < -0.3 is 5.32 Å². The summed E-state index contributed by atoms with van der Waals surface area (Å²) in [5.74, 6) is 0.327. The van der Waals surface area contributed by atoms with E-state index in [9.17, 15) is 9.59 Å². The molecule has 168 valence electrons. The molecule has 0 radical (unpaired) electrons. The van der Waals surface area contributed by atoms with Crippen molar-refractivity contribution in [3.8, 4) is 0 Å². The first-order chi connectivity index (χ1) is 15.4. The van der Waals surface area contributed by atoms with E-state index in [0.29, 0.717) is 32.3 Å². The fraction of sp³-hybridized carbons (Fsp3) is 0.286. The van der Waals surface area contributed by atoms with Gasteiger partial charge in [0.1, 0.15) is 6.54 Å². The van der Waals surface area contributed by atoms with Crippen LogP contribution in [-0.2, 0) is 17.1 Å². The van der Waals surface area contributed by atoms with E-state index in [0.717, 1.165) is 22.9 Å². The van der Waals surface area contributed by atoms with Crippen molar-refractivity contribution in [1.82, 2.24) is 25.5 Å². The molecule has 2 aromatic carbocycles. The van der Waals surface area contributed by atoms with Gasteiger partial charge in [0, 0.05) is 5.75 Å². The van der Waals surface area contributed by atoms with E-state index < -0.39 is 6.04 Å². The van der Waals surface area contributed by atoms with Crippen LogP contribution in [0.25, 0.3) is 0 Å². The number of ketones is 1. The van der Waals surface area contributed by atoms with Gasteiger partial charge in [0.05, 0.1) is 21.0 Å². The van der Waals surface area contributed by atoms with Crippen molar-refractivity contribution in [3.05, 3.63) is 63.6 Å². The highest BCUT2D eigenvalue weighted by atomic mass is 35.5. The molecule has 1 unspecified atom stereocenters. The third-order valence-electron chi connectivity index (χ3n) is 4.37. The molecule has 0 aliphatic heterocycles. The summed E-state index contributed by atoms with van der Waals surface area (Å²) in [6, 6.07) is 12.6. The number of amides is 1. The Kier molecular flexibility index (Phi) is 8.98. The number of rotatable bonds is 9. The normalized spacial score (nSPS) is 11.9. The van der Waals surface area contributed by atoms with E-state index in [-0.39, 0.29) is 17.6 Å². The maximum absolute atomic E-state index is 12.7. The van der Waals surface area contributed by atoms with Crippen molar-refractivity contribution < 1.29 is 9.59 Å². The van der Waals surface area contributed by atoms with Gasteiger partial charge in [0.2, 0.25) is 5.16 Å². The fourth-order valence-corrected chi connectivity index (χ4v) is 5.03. The Labute approximate surface area is 204 Å². The second kappa shape index (κ2) is 11.7. The molecule has 32 heavy (non-hydrogen) atoms. The highest BCUT2D eigenvalue weighted by Crippen LogP contribution is 2.37. The van der Waals surface area contributed by atoms with Crippen LogP contribution in [0.3, 0.4) is 0 Å². The molecule has 0 aliphatic rings. The molecule has 0 bridgehead atoms. The molecule has 0 saturated carbocycles. The Bertz CT molecular complexity index is 1070. The number of hydrogen-bond donors (Lipinski definition) is 1. The van der Waals surface area contributed by atoms with Gasteiger partial charge in [-0.1, -0.05) is 72.2 Å². The van der Waals surface area contributed by atoms with Crippen molar-refractivity contribution in [2.45, 2.75) is 48.7 Å². The van der Waals surface area contributed by atoms with Gasteiger partial charge in [-0.15, -0.1) is 10.2 Å². The van der Waals surface area contributed by atoms with E-state index in [1.165, 1.54) is 16.6 Å². The number of nitrogens with one attached hydrogen (secondary N) is 1. The second-order valence-corrected chi connectivity index (χ2v) is 9.64. The first kappa shape index (κ1) is 24.6. The molecule has 11 heteroatoms. The van der Waals surface area contributed by atoms with E-state index in [4.69, 9.17) is 23.2 Å². The molecule has 0 aliphatic carbocycles. The fourth-order valence-electron chi connectivity index (χ4n) is 2.78. The quantitative estimate of drug-likeness (QED) is 0.411. The SMILES string of the molecule is CCC(NC(=O)SCc1ccccc1)C(=O)Cn1nnc(Sc2c(Cl)cc(C)cc2Cl)n1. The number of Topliss-reactive ketones (excluding diaryl/α,β-unsaturated/α-hetero) is 1. The molecule has 1 heterocycles. The van der Waals surface area contributed by atoms with Crippen LogP contribution in [0, 0.1) is 6.92 Å². The number of nitrogens with zero attached hydrogens (tertiary/aromatic N) is 4. The van der Waals surface area contributed by atoms with Gasteiger partial charge >= 0.3 is 0 Å². The van der Waals surface area contributed by atoms with Crippen LogP contribution in [-0.4, -0.2) is 37.3 Å². The van der Waals surface area contributed by atoms with Crippen LogP contribution >= 0.6 is 46.7 Å². The highest BCUT2D eigenvalue weighted by Gasteiger charge is 2.21. The molecule has 1 aromatic heterocycles. The van der Waals surface area contributed by atoms with Crippen LogP contribution in [0.15, 0.2) is 52.5 Å². The maximum Gasteiger partial charge on any atom is 0.279 e. The Morgan fingerprint density at radius 1 is 1.16 bits per heavy atom. The lowest BCUT2D eigenvalue weighted by Crippen LogP contribution is -2.40. The highest BCUT2D eigenvalue weighted by molar-refractivity contribution is 8.12. The summed E-state index contributed by atoms with van der Waals surface area (Å²) in [7, 11) is 0. The summed E-state index contributed by atoms with van der Waals surface area (Å²) < 4.78 is 0. The van der Waals surface area contributed by atoms with Gasteiger partial charge in [-0.25, -0.2) is 0 Å². The summed E-state index contributed by atoms with van der Waals surface area (Å²) in [6.45, 7) is 3.63. The molecular weight excluding hydrogens is 489 g/mol. The van der Waals surface area contributed by atoms with Crippen LogP contribution in [0.5, 0.6) is 0 Å². The smallest absolute Gasteiger partial charge is 0.279 e. The zero-order valence-corrected chi connectivity index (χ0v) is 20.6. The number of carbonyl (C=O) groups is 2. The molecule has 7 nitrogen and oxygen atoms in total. The van der Waals surface area contributed by atoms with Crippen molar-refractivity contribution >= 4 is 57.7 Å². The lowest BCUT2D eigenvalue weighted by Gasteiger charge is -2.15. The molecule has 3 rings (SSSR count). The first-order valence-corrected chi connectivity index (χ1v) is 12.3. The molecule has 0 saturated heterocycles. The van der Waals surface area contributed by atoms with Crippen LogP contribution in [0.4, 0.5) is 4.79 Å². The molecule has 1 amide bonds. The number of hydrogen-bond acceptors (Lipinski definition) is 7. The predicted molar refractivity (Wildman–Crippen MR) is 128 cm³/mol. The number of halogens is 2. The average molecular weight is 510 g/mol. The van der Waals surface area contributed by atoms with Crippen LogP contribution < -0.4 is 5.32 Å². The summed E-state index contributed by atoms with van der Waals surface area (Å²) in [5, 5.41) is 15.9. The third-order valence-corrected chi connectivity index (χ3v) is 7.04. The van der Waals surface area contributed by atoms with Crippen molar-refractivity contribution in [2.75, 3.05) is 0 Å². The topological polar surface area (TPSA) is 89.8 Å². The standard InChI is InChI=1S/C21H21Cl2N5O2S2/c1-3-17(24-21(30)31-12-14-7-5-4-6-8-14)18(29)11-28-26-20(25-27-28)32-19-15(22)9-13(2)10-16(19)23/h4-10,17H,3,11-12H2,1-2H3,(H,24,30). The third kappa shape index (κ3) is 6.96. The van der Waals surface area contributed by atoms with Gasteiger partial charge in [0.25, 0.3) is 5.24 Å². The minimum Gasteiger partial charge on any atom is -0.337 e. The zero-order valence-electron chi connectivity index (χ0n) is 17.4. The Balaban J connectivity index is 1.55. The first-order valence-electron chi connectivity index (χ1n) is 9.77. The van der Waals surface area contributed by atoms with Crippen molar-refractivity contribution in [2.24, 2.45) is 0 Å². The summed E-state index contributed by atoms with van der Waals surface area (Å²) >= 11 is 14.8. The Hall–Kier alpha value is -2.07. The number of thioether (sulfide) groups is 1. The van der Waals surface area contributed by atoms with E-state index in [1.54, 1.807) is 12.1 Å². The average Bonchev–Trinajstić information content (AvgIpc) is 3.20. The number of aryl methyl sites for hydroxylation is 1. The minimum absolute atomic E-state index is 0.106.